The topological polar surface area (TPSA) is 118 Å². The number of anilines is 3. The van der Waals surface area contributed by atoms with Crippen LogP contribution in [0.3, 0.4) is 0 Å². The average molecular weight is 547 g/mol. The van der Waals surface area contributed by atoms with Crippen LogP contribution in [0.15, 0.2) is 53.7 Å². The molecule has 2 aliphatic carbocycles. The molecule has 5 aliphatic rings. The van der Waals surface area contributed by atoms with Gasteiger partial charge in [0, 0.05) is 38.3 Å². The smallest absolute Gasteiger partial charge is 0.156 e. The molecule has 1 aromatic heterocycles. The number of nitrogens with zero attached hydrogens (tertiary/aromatic N) is 7. The minimum absolute atomic E-state index is 0.102. The summed E-state index contributed by atoms with van der Waals surface area (Å²) in [6.45, 7) is 3.94. The van der Waals surface area contributed by atoms with Crippen molar-refractivity contribution in [2.24, 2.45) is 16.1 Å². The highest BCUT2D eigenvalue weighted by molar-refractivity contribution is 6.12. The fraction of sp³-hybridized carbons (Fsp3) is 0.438. The lowest BCUT2D eigenvalue weighted by Crippen LogP contribution is -2.53. The summed E-state index contributed by atoms with van der Waals surface area (Å²) < 4.78 is 0. The number of aromatic nitrogens is 2. The van der Waals surface area contributed by atoms with Crippen LogP contribution in [0, 0.1) is 16.7 Å². The van der Waals surface area contributed by atoms with Crippen molar-refractivity contribution in [1.82, 2.24) is 9.97 Å². The number of nitrogens with two attached hydrogens (primary N) is 1. The van der Waals surface area contributed by atoms with Crippen molar-refractivity contribution in [1.29, 1.82) is 5.26 Å². The molecule has 9 nitrogen and oxygen atoms in total. The fourth-order valence-corrected chi connectivity index (χ4v) is 7.70. The minimum atomic E-state index is -0.229. The molecule has 3 aromatic rings. The predicted octanol–water partition coefficient (Wildman–Crippen LogP) is 3.30. The van der Waals surface area contributed by atoms with Gasteiger partial charge in [0.25, 0.3) is 0 Å². The van der Waals surface area contributed by atoms with Gasteiger partial charge in [-0.3, -0.25) is 4.99 Å². The lowest BCUT2D eigenvalue weighted by molar-refractivity contribution is 0.0733. The van der Waals surface area contributed by atoms with E-state index >= 15 is 0 Å². The fourth-order valence-electron chi connectivity index (χ4n) is 7.70. The predicted molar refractivity (Wildman–Crippen MR) is 158 cm³/mol. The molecular formula is C32H34N8O. The maximum atomic E-state index is 9.92. The summed E-state index contributed by atoms with van der Waals surface area (Å²) >= 11 is 0. The van der Waals surface area contributed by atoms with E-state index < -0.39 is 0 Å². The van der Waals surface area contributed by atoms with Gasteiger partial charge in [-0.2, -0.15) is 5.26 Å². The first-order valence-corrected chi connectivity index (χ1v) is 14.8. The summed E-state index contributed by atoms with van der Waals surface area (Å²) in [6, 6.07) is 17.2. The van der Waals surface area contributed by atoms with E-state index in [1.807, 2.05) is 24.4 Å². The Balaban J connectivity index is 1.01. The van der Waals surface area contributed by atoms with Gasteiger partial charge in [-0.15, -0.1) is 0 Å². The third-order valence-corrected chi connectivity index (χ3v) is 10.2. The summed E-state index contributed by atoms with van der Waals surface area (Å²) in [4.78, 5) is 21.8. The van der Waals surface area contributed by atoms with Crippen LogP contribution in [0.1, 0.15) is 59.8 Å². The van der Waals surface area contributed by atoms with E-state index in [4.69, 9.17) is 20.7 Å². The number of piperidine rings is 1. The molecule has 1 saturated heterocycles. The van der Waals surface area contributed by atoms with Crippen LogP contribution in [0.5, 0.6) is 0 Å². The number of aliphatic hydroxyl groups is 1. The number of fused-ring (bicyclic) bond motifs is 3. The summed E-state index contributed by atoms with van der Waals surface area (Å²) in [6.07, 6.45) is 6.38. The summed E-state index contributed by atoms with van der Waals surface area (Å²) in [7, 11) is 0. The Labute approximate surface area is 239 Å². The zero-order valence-corrected chi connectivity index (χ0v) is 23.1. The van der Waals surface area contributed by atoms with Crippen LogP contribution >= 0.6 is 0 Å². The van der Waals surface area contributed by atoms with E-state index in [0.717, 1.165) is 92.7 Å². The molecule has 8 rings (SSSR count). The molecule has 1 atom stereocenters. The highest BCUT2D eigenvalue weighted by Crippen LogP contribution is 2.51. The molecule has 4 heterocycles. The number of hydrogen-bond donors (Lipinski definition) is 2. The lowest BCUT2D eigenvalue weighted by atomic mass is 9.73. The third kappa shape index (κ3) is 3.85. The summed E-state index contributed by atoms with van der Waals surface area (Å²) in [5.41, 5.74) is 14.1. The van der Waals surface area contributed by atoms with E-state index in [0.29, 0.717) is 18.2 Å². The Kier molecular flexibility index (Phi) is 5.60. The number of benzene rings is 2. The molecule has 2 fully saturated rings. The van der Waals surface area contributed by atoms with Crippen molar-refractivity contribution in [2.45, 2.75) is 56.8 Å². The molecule has 9 heteroatoms. The van der Waals surface area contributed by atoms with Gasteiger partial charge in [0.15, 0.2) is 5.84 Å². The number of aliphatic imine (C=N–C) groups is 1. The Bertz CT molecular complexity index is 1600. The molecule has 0 bridgehead atoms. The zero-order valence-electron chi connectivity index (χ0n) is 23.1. The Morgan fingerprint density at radius 2 is 1.85 bits per heavy atom. The molecule has 1 unspecified atom stereocenters. The van der Waals surface area contributed by atoms with Crippen LogP contribution in [-0.2, 0) is 13.0 Å². The van der Waals surface area contributed by atoms with Crippen LogP contribution in [0.4, 0.5) is 17.2 Å². The molecule has 1 spiro atoms. The van der Waals surface area contributed by atoms with Crippen molar-refractivity contribution >= 4 is 23.0 Å². The maximum Gasteiger partial charge on any atom is 0.156 e. The van der Waals surface area contributed by atoms with Gasteiger partial charge in [-0.25, -0.2) is 9.97 Å². The average Bonchev–Trinajstić information content (AvgIpc) is 3.53. The molecule has 2 aromatic carbocycles. The quantitative estimate of drug-likeness (QED) is 0.503. The zero-order chi connectivity index (χ0) is 27.7. The van der Waals surface area contributed by atoms with Gasteiger partial charge in [0.05, 0.1) is 47.5 Å². The normalized spacial score (nSPS) is 25.7. The standard InChI is InChI=1S/C32H34N8O/c33-17-20-5-6-26-27(13-20)39(22-14-23(41)15-22)11-12-40(26)31-29-25(18-36-31)37-28(19-35-29)38-9-7-32(8-10-38)16-21-3-1-2-4-24(21)30(32)34/h1-6,13,19,22-23,30,41H,7-12,14-16,18,34H2. The molecule has 3 aliphatic heterocycles. The van der Waals surface area contributed by atoms with E-state index in [9.17, 15) is 10.4 Å². The number of aliphatic hydroxyl groups excluding tert-OH is 1. The van der Waals surface area contributed by atoms with E-state index in [1.165, 1.54) is 11.1 Å². The van der Waals surface area contributed by atoms with Crippen LogP contribution in [0.25, 0.3) is 0 Å². The first-order valence-electron chi connectivity index (χ1n) is 14.8. The molecule has 0 amide bonds. The van der Waals surface area contributed by atoms with Crippen molar-refractivity contribution in [3.8, 4) is 6.07 Å². The number of rotatable bonds is 2. The van der Waals surface area contributed by atoms with Gasteiger partial charge in [-0.05, 0) is 66.8 Å². The lowest BCUT2D eigenvalue weighted by Gasteiger charge is -2.47. The Morgan fingerprint density at radius 1 is 1.02 bits per heavy atom. The number of amidine groups is 1. The summed E-state index contributed by atoms with van der Waals surface area (Å²) in [5.74, 6) is 1.78. The van der Waals surface area contributed by atoms with Crippen LogP contribution < -0.4 is 20.4 Å². The highest BCUT2D eigenvalue weighted by Gasteiger charge is 2.46. The molecule has 3 N–H and O–H groups in total. The van der Waals surface area contributed by atoms with Gasteiger partial charge in [-0.1, -0.05) is 24.3 Å². The second kappa shape index (κ2) is 9.26. The van der Waals surface area contributed by atoms with E-state index in [1.54, 1.807) is 0 Å². The number of nitriles is 1. The molecule has 208 valence electrons. The van der Waals surface area contributed by atoms with Crippen molar-refractivity contribution in [3.05, 3.63) is 76.7 Å². The van der Waals surface area contributed by atoms with Crippen LogP contribution in [0.2, 0.25) is 0 Å². The van der Waals surface area contributed by atoms with Crippen molar-refractivity contribution < 1.29 is 5.11 Å². The molecular weight excluding hydrogens is 512 g/mol. The van der Waals surface area contributed by atoms with Gasteiger partial charge in [0.1, 0.15) is 11.5 Å². The SMILES string of the molecule is N#Cc1ccc2c(c1)N(C1CC(O)C1)CCN2C1=NCc2nc(N3CCC4(CC3)Cc3ccccc3C4N)cnc21. The molecule has 41 heavy (non-hydrogen) atoms. The maximum absolute atomic E-state index is 9.92. The second-order valence-corrected chi connectivity index (χ2v) is 12.3. The first-order chi connectivity index (χ1) is 20.0. The minimum Gasteiger partial charge on any atom is -0.393 e. The number of hydrogen-bond acceptors (Lipinski definition) is 9. The van der Waals surface area contributed by atoms with Crippen molar-refractivity contribution in [3.63, 3.8) is 0 Å². The molecule has 1 saturated carbocycles. The second-order valence-electron chi connectivity index (χ2n) is 12.3. The van der Waals surface area contributed by atoms with Gasteiger partial charge < -0.3 is 25.5 Å². The third-order valence-electron chi connectivity index (χ3n) is 10.2. The highest BCUT2D eigenvalue weighted by atomic mass is 16.3. The first kappa shape index (κ1) is 24.8. The Morgan fingerprint density at radius 3 is 2.63 bits per heavy atom. The van der Waals surface area contributed by atoms with Crippen LogP contribution in [-0.4, -0.2) is 59.2 Å². The molecule has 0 radical (unpaired) electrons. The summed E-state index contributed by atoms with van der Waals surface area (Å²) in [5, 5.41) is 19.5. The van der Waals surface area contributed by atoms with E-state index in [2.05, 4.69) is 45.0 Å². The monoisotopic (exact) mass is 546 g/mol. The van der Waals surface area contributed by atoms with Gasteiger partial charge >= 0.3 is 0 Å². The Hall–Kier alpha value is -4.00. The van der Waals surface area contributed by atoms with Gasteiger partial charge in [0.2, 0.25) is 0 Å². The van der Waals surface area contributed by atoms with Crippen molar-refractivity contribution in [2.75, 3.05) is 40.9 Å². The van der Waals surface area contributed by atoms with E-state index in [-0.39, 0.29) is 17.6 Å². The largest absolute Gasteiger partial charge is 0.393 e.